The highest BCUT2D eigenvalue weighted by Crippen LogP contribution is 2.31. The van der Waals surface area contributed by atoms with E-state index in [1.54, 1.807) is 0 Å². The van der Waals surface area contributed by atoms with Gasteiger partial charge < -0.3 is 4.52 Å². The minimum atomic E-state index is -4.42. The van der Waals surface area contributed by atoms with E-state index in [9.17, 15) is 23.3 Å². The van der Waals surface area contributed by atoms with Gasteiger partial charge in [-0.1, -0.05) is 17.3 Å². The lowest BCUT2D eigenvalue weighted by molar-refractivity contribution is -0.384. The molecule has 0 aliphatic carbocycles. The van der Waals surface area contributed by atoms with Gasteiger partial charge in [-0.15, -0.1) is 0 Å². The van der Waals surface area contributed by atoms with E-state index in [1.165, 1.54) is 36.4 Å². The molecule has 0 aliphatic rings. The molecule has 0 unspecified atom stereocenters. The lowest BCUT2D eigenvalue weighted by Gasteiger charge is -2.05. The quantitative estimate of drug-likeness (QED) is 0.525. The predicted octanol–water partition coefficient (Wildman–Crippen LogP) is 4.33. The van der Waals surface area contributed by atoms with E-state index in [0.29, 0.717) is 11.1 Å². The van der Waals surface area contributed by atoms with Crippen molar-refractivity contribution in [1.29, 1.82) is 0 Å². The monoisotopic (exact) mass is 335 g/mol. The van der Waals surface area contributed by atoms with Crippen molar-refractivity contribution < 1.29 is 22.6 Å². The van der Waals surface area contributed by atoms with Crippen LogP contribution >= 0.6 is 0 Å². The summed E-state index contributed by atoms with van der Waals surface area (Å²) >= 11 is 0. The standard InChI is InChI=1S/C15H8F3N3O3/c16-15(17,18)11-5-1-9(2-6-11)13-19-14(24-20-13)10-3-7-12(8-4-10)21(22)23/h1-8H. The maximum atomic E-state index is 12.5. The smallest absolute Gasteiger partial charge is 0.334 e. The number of nitrogens with zero attached hydrogens (tertiary/aromatic N) is 3. The van der Waals surface area contributed by atoms with Crippen LogP contribution in [-0.2, 0) is 6.18 Å². The zero-order valence-corrected chi connectivity index (χ0v) is 11.8. The fourth-order valence-corrected chi connectivity index (χ4v) is 1.99. The predicted molar refractivity (Wildman–Crippen MR) is 76.8 cm³/mol. The summed E-state index contributed by atoms with van der Waals surface area (Å²) in [4.78, 5) is 14.2. The molecule has 122 valence electrons. The second kappa shape index (κ2) is 5.76. The van der Waals surface area contributed by atoms with E-state index in [2.05, 4.69) is 10.1 Å². The number of nitro benzene ring substituents is 1. The van der Waals surface area contributed by atoms with E-state index in [-0.39, 0.29) is 17.4 Å². The van der Waals surface area contributed by atoms with Gasteiger partial charge in [0.15, 0.2) is 0 Å². The van der Waals surface area contributed by atoms with Crippen LogP contribution in [0.2, 0.25) is 0 Å². The maximum Gasteiger partial charge on any atom is 0.416 e. The third kappa shape index (κ3) is 3.09. The van der Waals surface area contributed by atoms with Crippen LogP contribution in [0.5, 0.6) is 0 Å². The molecule has 2 aromatic carbocycles. The van der Waals surface area contributed by atoms with Crippen LogP contribution in [-0.4, -0.2) is 15.1 Å². The molecule has 3 rings (SSSR count). The van der Waals surface area contributed by atoms with Crippen LogP contribution in [0, 0.1) is 10.1 Å². The molecule has 0 N–H and O–H groups in total. The number of non-ortho nitro benzene ring substituents is 1. The second-order valence-electron chi connectivity index (χ2n) is 4.80. The highest BCUT2D eigenvalue weighted by atomic mass is 19.4. The Morgan fingerprint density at radius 3 is 2.08 bits per heavy atom. The van der Waals surface area contributed by atoms with Gasteiger partial charge in [0.25, 0.3) is 11.6 Å². The topological polar surface area (TPSA) is 82.1 Å². The first-order valence-electron chi connectivity index (χ1n) is 6.61. The molecule has 1 heterocycles. The Morgan fingerprint density at radius 1 is 0.958 bits per heavy atom. The van der Waals surface area contributed by atoms with Gasteiger partial charge in [-0.2, -0.15) is 18.2 Å². The fourth-order valence-electron chi connectivity index (χ4n) is 1.99. The van der Waals surface area contributed by atoms with Gasteiger partial charge in [-0.25, -0.2) is 0 Å². The Hall–Kier alpha value is -3.23. The Bertz CT molecular complexity index is 871. The molecule has 0 amide bonds. The number of nitro groups is 1. The van der Waals surface area contributed by atoms with E-state index in [1.807, 2.05) is 0 Å². The highest BCUT2D eigenvalue weighted by Gasteiger charge is 2.30. The lowest BCUT2D eigenvalue weighted by Crippen LogP contribution is -2.04. The molecule has 0 fully saturated rings. The average molecular weight is 335 g/mol. The number of rotatable bonds is 3. The molecule has 0 radical (unpaired) electrons. The zero-order valence-electron chi connectivity index (χ0n) is 11.8. The van der Waals surface area contributed by atoms with E-state index >= 15 is 0 Å². The highest BCUT2D eigenvalue weighted by molar-refractivity contribution is 5.61. The van der Waals surface area contributed by atoms with Gasteiger partial charge >= 0.3 is 6.18 Å². The first-order chi connectivity index (χ1) is 11.3. The SMILES string of the molecule is O=[N+]([O-])c1ccc(-c2nc(-c3ccc(C(F)(F)F)cc3)no2)cc1. The van der Waals surface area contributed by atoms with E-state index in [4.69, 9.17) is 4.52 Å². The third-order valence-electron chi connectivity index (χ3n) is 3.22. The second-order valence-corrected chi connectivity index (χ2v) is 4.80. The van der Waals surface area contributed by atoms with Crippen molar-refractivity contribution in [2.75, 3.05) is 0 Å². The Labute approximate surface area is 132 Å². The zero-order chi connectivity index (χ0) is 17.3. The molecule has 1 aromatic heterocycles. The molecule has 0 atom stereocenters. The van der Waals surface area contributed by atoms with Crippen molar-refractivity contribution in [1.82, 2.24) is 10.1 Å². The number of hydrogen-bond donors (Lipinski definition) is 0. The molecular formula is C15H8F3N3O3. The lowest BCUT2D eigenvalue weighted by atomic mass is 10.1. The molecule has 0 saturated heterocycles. The van der Waals surface area contributed by atoms with Gasteiger partial charge in [0, 0.05) is 23.3 Å². The third-order valence-corrected chi connectivity index (χ3v) is 3.22. The van der Waals surface area contributed by atoms with Crippen molar-refractivity contribution >= 4 is 5.69 Å². The number of alkyl halides is 3. The largest absolute Gasteiger partial charge is 0.416 e. The molecule has 0 aliphatic heterocycles. The van der Waals surface area contributed by atoms with Gasteiger partial charge in [0.1, 0.15) is 0 Å². The fraction of sp³-hybridized carbons (Fsp3) is 0.0667. The van der Waals surface area contributed by atoms with Crippen molar-refractivity contribution in [2.24, 2.45) is 0 Å². The first-order valence-corrected chi connectivity index (χ1v) is 6.61. The van der Waals surface area contributed by atoms with E-state index < -0.39 is 16.7 Å². The Balaban J connectivity index is 1.86. The molecule has 0 spiro atoms. The molecule has 3 aromatic rings. The van der Waals surface area contributed by atoms with Crippen molar-refractivity contribution in [2.45, 2.75) is 6.18 Å². The van der Waals surface area contributed by atoms with Gasteiger partial charge in [-0.3, -0.25) is 10.1 Å². The number of halogens is 3. The van der Waals surface area contributed by atoms with Crippen molar-refractivity contribution in [3.05, 3.63) is 64.2 Å². The van der Waals surface area contributed by atoms with Gasteiger partial charge in [0.2, 0.25) is 5.82 Å². The molecule has 6 nitrogen and oxygen atoms in total. The summed E-state index contributed by atoms with van der Waals surface area (Å²) in [5.41, 5.74) is -0.0299. The number of benzene rings is 2. The van der Waals surface area contributed by atoms with Crippen LogP contribution < -0.4 is 0 Å². The van der Waals surface area contributed by atoms with Crippen LogP contribution in [0.4, 0.5) is 18.9 Å². The Kier molecular flexibility index (Phi) is 3.76. The number of hydrogen-bond acceptors (Lipinski definition) is 5. The van der Waals surface area contributed by atoms with Crippen molar-refractivity contribution in [3.63, 3.8) is 0 Å². The normalized spacial score (nSPS) is 11.5. The van der Waals surface area contributed by atoms with Gasteiger partial charge in [0.05, 0.1) is 10.5 Å². The molecule has 9 heteroatoms. The van der Waals surface area contributed by atoms with Crippen molar-refractivity contribution in [3.8, 4) is 22.8 Å². The Morgan fingerprint density at radius 2 is 1.54 bits per heavy atom. The molecule has 0 bridgehead atoms. The summed E-state index contributed by atoms with van der Waals surface area (Å²) in [6.07, 6.45) is -4.42. The van der Waals surface area contributed by atoms with Crippen LogP contribution in [0.25, 0.3) is 22.8 Å². The molecular weight excluding hydrogens is 327 g/mol. The van der Waals surface area contributed by atoms with Crippen LogP contribution in [0.1, 0.15) is 5.56 Å². The summed E-state index contributed by atoms with van der Waals surface area (Å²) < 4.78 is 42.7. The van der Waals surface area contributed by atoms with E-state index in [0.717, 1.165) is 12.1 Å². The first kappa shape index (κ1) is 15.7. The maximum absolute atomic E-state index is 12.5. The molecule has 24 heavy (non-hydrogen) atoms. The summed E-state index contributed by atoms with van der Waals surface area (Å²) in [6.45, 7) is 0. The van der Waals surface area contributed by atoms with Crippen LogP contribution in [0.3, 0.4) is 0 Å². The summed E-state index contributed by atoms with van der Waals surface area (Å²) in [7, 11) is 0. The number of aromatic nitrogens is 2. The molecule has 0 saturated carbocycles. The summed E-state index contributed by atoms with van der Waals surface area (Å²) in [5, 5.41) is 14.3. The minimum Gasteiger partial charge on any atom is -0.334 e. The summed E-state index contributed by atoms with van der Waals surface area (Å²) in [5.74, 6) is 0.233. The minimum absolute atomic E-state index is 0.0822. The summed E-state index contributed by atoms with van der Waals surface area (Å²) in [6, 6.07) is 9.81. The van der Waals surface area contributed by atoms with Gasteiger partial charge in [-0.05, 0) is 24.3 Å². The average Bonchev–Trinajstić information content (AvgIpc) is 3.04. The van der Waals surface area contributed by atoms with Crippen LogP contribution in [0.15, 0.2) is 53.1 Å².